The fraction of sp³-hybridized carbons (Fsp3) is 0.444. The van der Waals surface area contributed by atoms with Gasteiger partial charge in [0.1, 0.15) is 0 Å². The molecule has 1 atom stereocenters. The van der Waals surface area contributed by atoms with Gasteiger partial charge in [-0.25, -0.2) is 0 Å². The van der Waals surface area contributed by atoms with Crippen LogP contribution in [-0.2, 0) is 12.8 Å². The molecule has 2 aromatic rings. The van der Waals surface area contributed by atoms with E-state index >= 15 is 0 Å². The number of nitrogens with one attached hydrogen (secondary N) is 1. The van der Waals surface area contributed by atoms with Crippen LogP contribution in [0.5, 0.6) is 0 Å². The van der Waals surface area contributed by atoms with Gasteiger partial charge in [0, 0.05) is 4.88 Å². The van der Waals surface area contributed by atoms with Crippen molar-refractivity contribution in [2.45, 2.75) is 33.1 Å². The molecule has 0 radical (unpaired) electrons. The van der Waals surface area contributed by atoms with Gasteiger partial charge in [-0.1, -0.05) is 42.8 Å². The fourth-order valence-corrected chi connectivity index (χ4v) is 3.41. The molecule has 1 N–H and O–H groups in total. The van der Waals surface area contributed by atoms with Gasteiger partial charge in [0.05, 0.1) is 0 Å². The molecule has 2 heteroatoms. The van der Waals surface area contributed by atoms with Crippen LogP contribution in [0.15, 0.2) is 41.8 Å². The molecular weight excluding hydrogens is 262 g/mol. The van der Waals surface area contributed by atoms with Crippen LogP contribution in [0.1, 0.15) is 29.3 Å². The summed E-state index contributed by atoms with van der Waals surface area (Å²) >= 11 is 1.88. The van der Waals surface area contributed by atoms with Crippen LogP contribution in [0.3, 0.4) is 0 Å². The maximum Gasteiger partial charge on any atom is 0.00485 e. The molecular formula is C18H25NS. The molecule has 1 aromatic heterocycles. The summed E-state index contributed by atoms with van der Waals surface area (Å²) in [6.45, 7) is 6.63. The molecule has 1 aromatic carbocycles. The Kier molecular flexibility index (Phi) is 6.28. The van der Waals surface area contributed by atoms with E-state index < -0.39 is 0 Å². The summed E-state index contributed by atoms with van der Waals surface area (Å²) in [5.41, 5.74) is 2.82. The first-order valence-corrected chi connectivity index (χ1v) is 8.44. The van der Waals surface area contributed by atoms with Crippen molar-refractivity contribution in [1.29, 1.82) is 0 Å². The maximum atomic E-state index is 3.59. The highest BCUT2D eigenvalue weighted by Gasteiger charge is 2.11. The molecule has 0 saturated carbocycles. The number of aryl methyl sites for hydroxylation is 1. The summed E-state index contributed by atoms with van der Waals surface area (Å²) in [4.78, 5) is 1.50. The van der Waals surface area contributed by atoms with Crippen molar-refractivity contribution in [1.82, 2.24) is 5.32 Å². The molecule has 2 rings (SSSR count). The molecule has 0 aliphatic rings. The molecule has 0 fully saturated rings. The molecule has 0 aliphatic heterocycles. The zero-order valence-electron chi connectivity index (χ0n) is 12.6. The number of benzene rings is 1. The van der Waals surface area contributed by atoms with Crippen LogP contribution in [0, 0.1) is 12.8 Å². The summed E-state index contributed by atoms with van der Waals surface area (Å²) in [5.74, 6) is 0.682. The van der Waals surface area contributed by atoms with Crippen LogP contribution in [0.4, 0.5) is 0 Å². The van der Waals surface area contributed by atoms with Crippen molar-refractivity contribution in [2.75, 3.05) is 13.1 Å². The van der Waals surface area contributed by atoms with Gasteiger partial charge in [0.15, 0.2) is 0 Å². The predicted octanol–water partition coefficient (Wildman–Crippen LogP) is 4.46. The monoisotopic (exact) mass is 287 g/mol. The van der Waals surface area contributed by atoms with Crippen molar-refractivity contribution in [3.8, 4) is 0 Å². The van der Waals surface area contributed by atoms with E-state index in [1.54, 1.807) is 0 Å². The maximum absolute atomic E-state index is 3.59. The minimum atomic E-state index is 0.682. The first kappa shape index (κ1) is 15.3. The second kappa shape index (κ2) is 8.23. The molecule has 20 heavy (non-hydrogen) atoms. The molecule has 1 heterocycles. The second-order valence-electron chi connectivity index (χ2n) is 5.55. The van der Waals surface area contributed by atoms with E-state index in [0.29, 0.717) is 5.92 Å². The Morgan fingerprint density at radius 2 is 2.05 bits per heavy atom. The lowest BCUT2D eigenvalue weighted by molar-refractivity contribution is 0.473. The molecule has 0 spiro atoms. The van der Waals surface area contributed by atoms with E-state index in [0.717, 1.165) is 19.5 Å². The van der Waals surface area contributed by atoms with Gasteiger partial charge in [-0.3, -0.25) is 0 Å². The Morgan fingerprint density at radius 1 is 1.15 bits per heavy atom. The molecule has 0 aliphatic carbocycles. The largest absolute Gasteiger partial charge is 0.316 e. The minimum Gasteiger partial charge on any atom is -0.316 e. The van der Waals surface area contributed by atoms with E-state index in [-0.39, 0.29) is 0 Å². The van der Waals surface area contributed by atoms with E-state index in [9.17, 15) is 0 Å². The molecule has 0 amide bonds. The Labute approximate surface area is 127 Å². The summed E-state index contributed by atoms with van der Waals surface area (Å²) in [5, 5.41) is 5.77. The molecule has 1 nitrogen and oxygen atoms in total. The molecule has 0 bridgehead atoms. The number of hydrogen-bond donors (Lipinski definition) is 1. The lowest BCUT2D eigenvalue weighted by Crippen LogP contribution is -2.26. The van der Waals surface area contributed by atoms with Crippen molar-refractivity contribution in [2.24, 2.45) is 5.92 Å². The minimum absolute atomic E-state index is 0.682. The quantitative estimate of drug-likeness (QED) is 0.707. The first-order chi connectivity index (χ1) is 9.78. The Hall–Kier alpha value is -1.12. The van der Waals surface area contributed by atoms with Crippen molar-refractivity contribution < 1.29 is 0 Å². The smallest absolute Gasteiger partial charge is 0.00485 e. The highest BCUT2D eigenvalue weighted by Crippen LogP contribution is 2.18. The van der Waals surface area contributed by atoms with Gasteiger partial charge >= 0.3 is 0 Å². The summed E-state index contributed by atoms with van der Waals surface area (Å²) in [7, 11) is 0. The zero-order valence-corrected chi connectivity index (χ0v) is 13.4. The van der Waals surface area contributed by atoms with E-state index in [1.165, 1.54) is 28.8 Å². The van der Waals surface area contributed by atoms with Gasteiger partial charge < -0.3 is 5.32 Å². The van der Waals surface area contributed by atoms with Crippen molar-refractivity contribution >= 4 is 11.3 Å². The van der Waals surface area contributed by atoms with Gasteiger partial charge in [0.2, 0.25) is 0 Å². The van der Waals surface area contributed by atoms with Crippen molar-refractivity contribution in [3.63, 3.8) is 0 Å². The van der Waals surface area contributed by atoms with E-state index in [1.807, 2.05) is 11.3 Å². The highest BCUT2D eigenvalue weighted by atomic mass is 32.1. The van der Waals surface area contributed by atoms with Gasteiger partial charge in [0.25, 0.3) is 0 Å². The van der Waals surface area contributed by atoms with Gasteiger partial charge in [-0.15, -0.1) is 11.3 Å². The summed E-state index contributed by atoms with van der Waals surface area (Å²) < 4.78 is 0. The van der Waals surface area contributed by atoms with Crippen LogP contribution in [0.25, 0.3) is 0 Å². The normalized spacial score (nSPS) is 12.5. The number of rotatable bonds is 8. The fourth-order valence-electron chi connectivity index (χ4n) is 2.59. The van der Waals surface area contributed by atoms with E-state index in [2.05, 4.69) is 60.9 Å². The third-order valence-electron chi connectivity index (χ3n) is 3.54. The first-order valence-electron chi connectivity index (χ1n) is 7.56. The third kappa shape index (κ3) is 5.10. The number of thiophene rings is 1. The standard InChI is InChI=1S/C18H25NS/c1-3-9-19-14-17(13-18-8-5-10-20-18)12-16-7-4-6-15(2)11-16/h4-8,10-11,17,19H,3,9,12-14H2,1-2H3. The third-order valence-corrected chi connectivity index (χ3v) is 4.44. The lowest BCUT2D eigenvalue weighted by atomic mass is 9.94. The second-order valence-corrected chi connectivity index (χ2v) is 6.58. The average molecular weight is 287 g/mol. The lowest BCUT2D eigenvalue weighted by Gasteiger charge is -2.17. The Bertz CT molecular complexity index is 490. The van der Waals surface area contributed by atoms with Crippen LogP contribution in [0.2, 0.25) is 0 Å². The van der Waals surface area contributed by atoms with Crippen LogP contribution < -0.4 is 5.32 Å². The van der Waals surface area contributed by atoms with Gasteiger partial charge in [-0.2, -0.15) is 0 Å². The number of hydrogen-bond acceptors (Lipinski definition) is 2. The molecule has 1 unspecified atom stereocenters. The highest BCUT2D eigenvalue weighted by molar-refractivity contribution is 7.09. The Balaban J connectivity index is 1.97. The van der Waals surface area contributed by atoms with Crippen molar-refractivity contribution in [3.05, 3.63) is 57.8 Å². The molecule has 108 valence electrons. The van der Waals surface area contributed by atoms with E-state index in [4.69, 9.17) is 0 Å². The molecule has 0 saturated heterocycles. The average Bonchev–Trinajstić information content (AvgIpc) is 2.92. The topological polar surface area (TPSA) is 12.0 Å². The van der Waals surface area contributed by atoms with Gasteiger partial charge in [-0.05, 0) is 62.2 Å². The summed E-state index contributed by atoms with van der Waals surface area (Å²) in [6.07, 6.45) is 3.55. The van der Waals surface area contributed by atoms with Crippen LogP contribution >= 0.6 is 11.3 Å². The SMILES string of the molecule is CCCNCC(Cc1cccc(C)c1)Cc1cccs1. The summed E-state index contributed by atoms with van der Waals surface area (Å²) in [6, 6.07) is 13.3. The Morgan fingerprint density at radius 3 is 2.75 bits per heavy atom. The predicted molar refractivity (Wildman–Crippen MR) is 89.6 cm³/mol. The van der Waals surface area contributed by atoms with Crippen LogP contribution in [-0.4, -0.2) is 13.1 Å². The zero-order chi connectivity index (χ0) is 14.2.